The molecule has 2 aromatic rings. The van der Waals surface area contributed by atoms with Gasteiger partial charge in [0.15, 0.2) is 0 Å². The van der Waals surface area contributed by atoms with Gasteiger partial charge in [-0.2, -0.15) is 0 Å². The monoisotopic (exact) mass is 502 g/mol. The molecule has 3 heterocycles. The van der Waals surface area contributed by atoms with Crippen LogP contribution in [-0.4, -0.2) is 66.2 Å². The summed E-state index contributed by atoms with van der Waals surface area (Å²) in [7, 11) is -3.15. The number of hydrogen-bond donors (Lipinski definition) is 2. The molecule has 3 N–H and O–H groups in total. The molecule has 1 aromatic carbocycles. The van der Waals surface area contributed by atoms with Gasteiger partial charge in [0.1, 0.15) is 40.8 Å². The summed E-state index contributed by atoms with van der Waals surface area (Å²) in [5.41, 5.74) is 2.68. The number of benzene rings is 1. The molecule has 0 unspecified atom stereocenters. The van der Waals surface area contributed by atoms with Gasteiger partial charge in [0, 0.05) is 18.3 Å². The van der Waals surface area contributed by atoms with Gasteiger partial charge in [0.05, 0.1) is 19.0 Å². The first-order chi connectivity index (χ1) is 16.0. The van der Waals surface area contributed by atoms with E-state index in [9.17, 15) is 26.4 Å². The number of ether oxygens (including phenoxy) is 1. The minimum Gasteiger partial charge on any atom is -0.371 e. The molecule has 1 amide bonds. The van der Waals surface area contributed by atoms with Crippen LogP contribution < -0.4 is 11.1 Å². The molecule has 10 nitrogen and oxygen atoms in total. The van der Waals surface area contributed by atoms with Crippen molar-refractivity contribution in [1.82, 2.24) is 14.3 Å². The number of guanidine groups is 1. The number of fused-ring (bicyclic) bond motifs is 1. The number of nitrogens with zero attached hydrogens (tertiary/aromatic N) is 4. The number of amides is 1. The molecule has 0 spiro atoms. The van der Waals surface area contributed by atoms with Gasteiger partial charge in [-0.25, -0.2) is 40.3 Å². The Labute approximate surface area is 190 Å². The molecule has 2 aliphatic heterocycles. The quantitative estimate of drug-likeness (QED) is 0.588. The Bertz CT molecular complexity index is 1260. The van der Waals surface area contributed by atoms with Crippen LogP contribution in [0.1, 0.15) is 28.2 Å². The molecule has 0 aliphatic carbocycles. The standard InChI is InChI=1S/C19H18F4N6O4S/c1-29-18(24)28-19(8-33-14(5-20)15(19)34(29,31)32)10-4-9(2-3-11(10)21)27-17(30)13-7-25-12(6-26-13)16(22)23/h2-4,6-7,14-16H,5,8H2,1H3,(H2,24,28)(H,27,30)/t14-,15+,19+/m0/s1. The Balaban J connectivity index is 1.73. The second kappa shape index (κ2) is 8.47. The fraction of sp³-hybridized carbons (Fsp3) is 0.368. The van der Waals surface area contributed by atoms with Crippen molar-refractivity contribution in [2.75, 3.05) is 25.6 Å². The highest BCUT2D eigenvalue weighted by Crippen LogP contribution is 2.46. The van der Waals surface area contributed by atoms with Crippen LogP contribution in [0.15, 0.2) is 35.6 Å². The van der Waals surface area contributed by atoms with E-state index in [1.165, 1.54) is 6.07 Å². The van der Waals surface area contributed by atoms with Gasteiger partial charge >= 0.3 is 0 Å². The summed E-state index contributed by atoms with van der Waals surface area (Å²) in [5.74, 6) is -2.17. The molecule has 182 valence electrons. The molecule has 0 radical (unpaired) electrons. The lowest BCUT2D eigenvalue weighted by Gasteiger charge is -2.39. The Morgan fingerprint density at radius 3 is 2.71 bits per heavy atom. The molecule has 15 heteroatoms. The largest absolute Gasteiger partial charge is 0.371 e. The molecule has 0 bridgehead atoms. The highest BCUT2D eigenvalue weighted by molar-refractivity contribution is 7.90. The molecule has 4 rings (SSSR count). The smallest absolute Gasteiger partial charge is 0.281 e. The van der Waals surface area contributed by atoms with E-state index in [0.29, 0.717) is 4.31 Å². The van der Waals surface area contributed by atoms with Crippen LogP contribution in [0, 0.1) is 5.82 Å². The van der Waals surface area contributed by atoms with Gasteiger partial charge in [0.25, 0.3) is 12.3 Å². The average Bonchev–Trinajstić information content (AvgIpc) is 3.19. The SMILES string of the molecule is CN1C(N)=N[C@@]2(c3cc(NC(=O)c4cnc(C(F)F)cn4)ccc3F)CO[C@@H](CF)[C@H]2S1(=O)=O. The van der Waals surface area contributed by atoms with Crippen molar-refractivity contribution >= 4 is 27.6 Å². The first kappa shape index (κ1) is 23.8. The molecule has 1 fully saturated rings. The van der Waals surface area contributed by atoms with Gasteiger partial charge in [-0.1, -0.05) is 0 Å². The molecule has 2 aliphatic rings. The molecule has 1 saturated heterocycles. The van der Waals surface area contributed by atoms with Crippen LogP contribution in [0.5, 0.6) is 0 Å². The number of anilines is 1. The number of aromatic nitrogens is 2. The van der Waals surface area contributed by atoms with E-state index < -0.39 is 70.0 Å². The van der Waals surface area contributed by atoms with E-state index >= 15 is 4.39 Å². The van der Waals surface area contributed by atoms with Crippen LogP contribution >= 0.6 is 0 Å². The lowest BCUT2D eigenvalue weighted by molar-refractivity contribution is 0.0847. The van der Waals surface area contributed by atoms with E-state index in [-0.39, 0.29) is 16.9 Å². The third kappa shape index (κ3) is 3.73. The van der Waals surface area contributed by atoms with Crippen molar-refractivity contribution < 1.29 is 35.5 Å². The predicted octanol–water partition coefficient (Wildman–Crippen LogP) is 1.33. The molecular formula is C19H18F4N6O4S. The van der Waals surface area contributed by atoms with E-state index in [2.05, 4.69) is 20.3 Å². The minimum absolute atomic E-state index is 0.00283. The maximum Gasteiger partial charge on any atom is 0.281 e. The zero-order chi connectivity index (χ0) is 24.8. The fourth-order valence-electron chi connectivity index (χ4n) is 3.94. The Morgan fingerprint density at radius 2 is 2.09 bits per heavy atom. The van der Waals surface area contributed by atoms with Crippen molar-refractivity contribution in [3.05, 3.63) is 53.4 Å². The summed E-state index contributed by atoms with van der Waals surface area (Å²) < 4.78 is 86.0. The number of nitrogens with one attached hydrogen (secondary N) is 1. The Morgan fingerprint density at radius 1 is 1.35 bits per heavy atom. The number of nitrogens with two attached hydrogens (primary N) is 1. The van der Waals surface area contributed by atoms with Gasteiger partial charge in [-0.15, -0.1) is 0 Å². The Hall–Kier alpha value is -3.33. The topological polar surface area (TPSA) is 140 Å². The number of rotatable bonds is 5. The van der Waals surface area contributed by atoms with Crippen LogP contribution in [0.2, 0.25) is 0 Å². The normalized spacial score (nSPS) is 25.7. The minimum atomic E-state index is -4.28. The van der Waals surface area contributed by atoms with Crippen molar-refractivity contribution in [2.24, 2.45) is 10.7 Å². The fourth-order valence-corrected chi connectivity index (χ4v) is 5.85. The predicted molar refractivity (Wildman–Crippen MR) is 111 cm³/mol. The number of sulfonamides is 1. The summed E-state index contributed by atoms with van der Waals surface area (Å²) in [6, 6.07) is 3.27. The maximum absolute atomic E-state index is 15.0. The average molecular weight is 502 g/mol. The molecule has 1 aromatic heterocycles. The highest BCUT2D eigenvalue weighted by Gasteiger charge is 2.62. The number of carbonyl (C=O) groups is 1. The number of halogens is 4. The van der Waals surface area contributed by atoms with Crippen molar-refractivity contribution in [3.63, 3.8) is 0 Å². The van der Waals surface area contributed by atoms with Gasteiger partial charge in [-0.3, -0.25) is 9.78 Å². The van der Waals surface area contributed by atoms with Crippen molar-refractivity contribution in [1.29, 1.82) is 0 Å². The van der Waals surface area contributed by atoms with Crippen LogP contribution in [-0.2, 0) is 20.3 Å². The number of alkyl halides is 3. The van der Waals surface area contributed by atoms with Crippen LogP contribution in [0.4, 0.5) is 23.2 Å². The molecule has 0 saturated carbocycles. The summed E-state index contributed by atoms with van der Waals surface area (Å²) in [6.45, 7) is -1.64. The number of hydrogen-bond acceptors (Lipinski definition) is 8. The third-order valence-electron chi connectivity index (χ3n) is 5.64. The molecular weight excluding hydrogens is 484 g/mol. The van der Waals surface area contributed by atoms with E-state index in [0.717, 1.165) is 31.6 Å². The third-order valence-corrected chi connectivity index (χ3v) is 7.92. The highest BCUT2D eigenvalue weighted by atomic mass is 32.2. The first-order valence-electron chi connectivity index (χ1n) is 9.73. The summed E-state index contributed by atoms with van der Waals surface area (Å²) in [5, 5.41) is 0.791. The van der Waals surface area contributed by atoms with Crippen molar-refractivity contribution in [3.8, 4) is 0 Å². The zero-order valence-electron chi connectivity index (χ0n) is 17.5. The van der Waals surface area contributed by atoms with Gasteiger partial charge in [0.2, 0.25) is 16.0 Å². The lowest BCUT2D eigenvalue weighted by Crippen LogP contribution is -2.59. The van der Waals surface area contributed by atoms with E-state index in [4.69, 9.17) is 10.5 Å². The van der Waals surface area contributed by atoms with Gasteiger partial charge in [-0.05, 0) is 18.2 Å². The van der Waals surface area contributed by atoms with E-state index in [1.54, 1.807) is 0 Å². The summed E-state index contributed by atoms with van der Waals surface area (Å²) in [6.07, 6.45) is -2.70. The van der Waals surface area contributed by atoms with Crippen LogP contribution in [0.25, 0.3) is 0 Å². The number of carbonyl (C=O) groups excluding carboxylic acids is 1. The van der Waals surface area contributed by atoms with Crippen LogP contribution in [0.3, 0.4) is 0 Å². The first-order valence-corrected chi connectivity index (χ1v) is 11.2. The zero-order valence-corrected chi connectivity index (χ0v) is 18.3. The Kier molecular flexibility index (Phi) is 5.93. The molecule has 34 heavy (non-hydrogen) atoms. The summed E-state index contributed by atoms with van der Waals surface area (Å²) >= 11 is 0. The second-order valence-electron chi connectivity index (χ2n) is 7.61. The molecule has 3 atom stereocenters. The van der Waals surface area contributed by atoms with E-state index in [1.807, 2.05) is 0 Å². The summed E-state index contributed by atoms with van der Waals surface area (Å²) in [4.78, 5) is 23.7. The lowest BCUT2D eigenvalue weighted by atomic mass is 9.86. The second-order valence-corrected chi connectivity index (χ2v) is 9.69. The van der Waals surface area contributed by atoms with Crippen molar-refractivity contribution in [2.45, 2.75) is 23.3 Å². The number of aliphatic imine (C=N–C) groups is 1. The van der Waals surface area contributed by atoms with Gasteiger partial charge < -0.3 is 15.8 Å². The maximum atomic E-state index is 15.0.